The first-order chi connectivity index (χ1) is 6.40. The lowest BCUT2D eigenvalue weighted by Gasteiger charge is -2.02. The molecular formula is C10H10Br2N2. The summed E-state index contributed by atoms with van der Waals surface area (Å²) in [5.41, 5.74) is 2.42. The van der Waals surface area contributed by atoms with Crippen molar-refractivity contribution in [3.8, 4) is 5.69 Å². The number of rotatable bonds is 2. The number of hydrogen-bond acceptors (Lipinski definition) is 1. The molecule has 0 spiro atoms. The molecule has 0 amide bonds. The van der Waals surface area contributed by atoms with Crippen LogP contribution in [-0.4, -0.2) is 9.55 Å². The molecule has 0 unspecified atom stereocenters. The fourth-order valence-electron chi connectivity index (χ4n) is 1.21. The number of imidazole rings is 1. The van der Waals surface area contributed by atoms with E-state index in [1.165, 1.54) is 5.56 Å². The largest absolute Gasteiger partial charge is 0.306 e. The molecule has 74 valence electrons. The second kappa shape index (κ2) is 5.32. The van der Waals surface area contributed by atoms with Gasteiger partial charge in [-0.05, 0) is 17.7 Å². The molecule has 0 radical (unpaired) electrons. The van der Waals surface area contributed by atoms with Gasteiger partial charge in [0.1, 0.15) is 0 Å². The Morgan fingerprint density at radius 2 is 2.21 bits per heavy atom. The van der Waals surface area contributed by atoms with Crippen molar-refractivity contribution in [2.75, 3.05) is 0 Å². The molecule has 2 rings (SSSR count). The van der Waals surface area contributed by atoms with Gasteiger partial charge in [0.15, 0.2) is 0 Å². The second-order valence-electron chi connectivity index (χ2n) is 2.77. The van der Waals surface area contributed by atoms with Crippen LogP contribution in [0.25, 0.3) is 5.69 Å². The zero-order valence-electron chi connectivity index (χ0n) is 7.43. The lowest BCUT2D eigenvalue weighted by Crippen LogP contribution is -1.90. The lowest BCUT2D eigenvalue weighted by molar-refractivity contribution is 1.05. The quantitative estimate of drug-likeness (QED) is 0.777. The zero-order valence-corrected chi connectivity index (χ0v) is 10.7. The average molecular weight is 318 g/mol. The van der Waals surface area contributed by atoms with Crippen molar-refractivity contribution in [3.05, 3.63) is 48.5 Å². The van der Waals surface area contributed by atoms with Crippen molar-refractivity contribution in [1.29, 1.82) is 0 Å². The molecule has 0 aliphatic heterocycles. The van der Waals surface area contributed by atoms with Crippen LogP contribution in [-0.2, 0) is 5.33 Å². The summed E-state index contributed by atoms with van der Waals surface area (Å²) in [4.78, 5) is 4.01. The molecular weight excluding hydrogens is 308 g/mol. The van der Waals surface area contributed by atoms with Gasteiger partial charge in [0.2, 0.25) is 0 Å². The van der Waals surface area contributed by atoms with Crippen LogP contribution in [0.1, 0.15) is 5.56 Å². The van der Waals surface area contributed by atoms with E-state index in [-0.39, 0.29) is 17.0 Å². The van der Waals surface area contributed by atoms with Crippen LogP contribution in [0.3, 0.4) is 0 Å². The molecule has 0 atom stereocenters. The highest BCUT2D eigenvalue weighted by molar-refractivity contribution is 9.08. The zero-order chi connectivity index (χ0) is 9.10. The van der Waals surface area contributed by atoms with Gasteiger partial charge in [-0.25, -0.2) is 4.98 Å². The van der Waals surface area contributed by atoms with Crippen LogP contribution in [0.15, 0.2) is 43.0 Å². The molecule has 0 fully saturated rings. The Labute approximate surface area is 102 Å². The SMILES string of the molecule is Br.BrCc1cccc(-n2ccnc2)c1. The van der Waals surface area contributed by atoms with Gasteiger partial charge in [0.05, 0.1) is 6.33 Å². The van der Waals surface area contributed by atoms with E-state index in [9.17, 15) is 0 Å². The minimum absolute atomic E-state index is 0. The van der Waals surface area contributed by atoms with Gasteiger partial charge in [-0.3, -0.25) is 0 Å². The summed E-state index contributed by atoms with van der Waals surface area (Å²) in [6.45, 7) is 0. The van der Waals surface area contributed by atoms with Crippen LogP contribution in [0, 0.1) is 0 Å². The van der Waals surface area contributed by atoms with Crippen LogP contribution >= 0.6 is 32.9 Å². The van der Waals surface area contributed by atoms with Crippen molar-refractivity contribution in [3.63, 3.8) is 0 Å². The molecule has 0 bridgehead atoms. The van der Waals surface area contributed by atoms with Gasteiger partial charge >= 0.3 is 0 Å². The van der Waals surface area contributed by atoms with Crippen LogP contribution in [0.4, 0.5) is 0 Å². The minimum Gasteiger partial charge on any atom is -0.306 e. The first kappa shape index (κ1) is 11.5. The van der Waals surface area contributed by atoms with Crippen molar-refractivity contribution >= 4 is 32.9 Å². The maximum atomic E-state index is 4.01. The minimum atomic E-state index is 0. The van der Waals surface area contributed by atoms with Crippen molar-refractivity contribution in [2.24, 2.45) is 0 Å². The Kier molecular flexibility index (Phi) is 4.35. The molecule has 0 saturated carbocycles. The van der Waals surface area contributed by atoms with Gasteiger partial charge < -0.3 is 4.57 Å². The van der Waals surface area contributed by atoms with Gasteiger partial charge in [0, 0.05) is 23.4 Å². The van der Waals surface area contributed by atoms with Crippen molar-refractivity contribution in [1.82, 2.24) is 9.55 Å². The van der Waals surface area contributed by atoms with E-state index >= 15 is 0 Å². The van der Waals surface area contributed by atoms with Gasteiger partial charge in [0.25, 0.3) is 0 Å². The molecule has 0 aliphatic carbocycles. The van der Waals surface area contributed by atoms with E-state index in [2.05, 4.69) is 39.1 Å². The average Bonchev–Trinajstić information content (AvgIpc) is 2.71. The van der Waals surface area contributed by atoms with E-state index in [0.717, 1.165) is 11.0 Å². The van der Waals surface area contributed by atoms with Gasteiger partial charge in [-0.2, -0.15) is 0 Å². The van der Waals surface area contributed by atoms with Crippen molar-refractivity contribution < 1.29 is 0 Å². The Hall–Kier alpha value is -0.610. The Bertz CT molecular complexity index is 385. The van der Waals surface area contributed by atoms with Crippen LogP contribution in [0.5, 0.6) is 0 Å². The molecule has 1 aromatic heterocycles. The third-order valence-corrected chi connectivity index (χ3v) is 2.51. The first-order valence-electron chi connectivity index (χ1n) is 4.03. The molecule has 1 heterocycles. The molecule has 0 N–H and O–H groups in total. The Morgan fingerprint density at radius 1 is 1.36 bits per heavy atom. The number of nitrogens with zero attached hydrogens (tertiary/aromatic N) is 2. The summed E-state index contributed by atoms with van der Waals surface area (Å²) >= 11 is 3.43. The molecule has 1 aromatic carbocycles. The van der Waals surface area contributed by atoms with Gasteiger partial charge in [-0.1, -0.05) is 28.1 Å². The lowest BCUT2D eigenvalue weighted by atomic mass is 10.2. The normalized spacial score (nSPS) is 9.50. The Morgan fingerprint density at radius 3 is 2.86 bits per heavy atom. The van der Waals surface area contributed by atoms with Crippen molar-refractivity contribution in [2.45, 2.75) is 5.33 Å². The fraction of sp³-hybridized carbons (Fsp3) is 0.100. The number of halogens is 2. The molecule has 0 aliphatic rings. The predicted molar refractivity (Wildman–Crippen MR) is 66.5 cm³/mol. The summed E-state index contributed by atoms with van der Waals surface area (Å²) in [6, 6.07) is 8.34. The smallest absolute Gasteiger partial charge is 0.0991 e. The number of hydrogen-bond donors (Lipinski definition) is 0. The van der Waals surface area contributed by atoms with E-state index in [0.29, 0.717) is 0 Å². The summed E-state index contributed by atoms with van der Waals surface area (Å²) in [7, 11) is 0. The summed E-state index contributed by atoms with van der Waals surface area (Å²) in [5, 5.41) is 0.884. The van der Waals surface area contributed by atoms with E-state index < -0.39 is 0 Å². The standard InChI is InChI=1S/C10H9BrN2.BrH/c11-7-9-2-1-3-10(6-9)13-5-4-12-8-13;/h1-6,8H,7H2;1H. The number of aromatic nitrogens is 2. The fourth-order valence-corrected chi connectivity index (χ4v) is 1.56. The maximum Gasteiger partial charge on any atom is 0.0991 e. The number of benzene rings is 1. The Balaban J connectivity index is 0.000000980. The van der Waals surface area contributed by atoms with E-state index in [1.807, 2.05) is 16.8 Å². The summed E-state index contributed by atoms with van der Waals surface area (Å²) < 4.78 is 1.99. The van der Waals surface area contributed by atoms with E-state index in [4.69, 9.17) is 0 Å². The summed E-state index contributed by atoms with van der Waals surface area (Å²) in [6.07, 6.45) is 5.52. The van der Waals surface area contributed by atoms with Crippen LogP contribution in [0.2, 0.25) is 0 Å². The molecule has 0 saturated heterocycles. The first-order valence-corrected chi connectivity index (χ1v) is 5.15. The predicted octanol–water partition coefficient (Wildman–Crippen LogP) is 3.35. The third kappa shape index (κ3) is 2.45. The summed E-state index contributed by atoms with van der Waals surface area (Å²) in [5.74, 6) is 0. The van der Waals surface area contributed by atoms with Crippen LogP contribution < -0.4 is 0 Å². The van der Waals surface area contributed by atoms with Gasteiger partial charge in [-0.15, -0.1) is 17.0 Å². The monoisotopic (exact) mass is 316 g/mol. The molecule has 4 heteroatoms. The number of alkyl halides is 1. The third-order valence-electron chi connectivity index (χ3n) is 1.87. The topological polar surface area (TPSA) is 17.8 Å². The maximum absolute atomic E-state index is 4.01. The molecule has 2 nitrogen and oxygen atoms in total. The second-order valence-corrected chi connectivity index (χ2v) is 3.33. The highest BCUT2D eigenvalue weighted by atomic mass is 79.9. The van der Waals surface area contributed by atoms with E-state index in [1.54, 1.807) is 12.5 Å². The highest BCUT2D eigenvalue weighted by Crippen LogP contribution is 2.12. The molecule has 2 aromatic rings. The highest BCUT2D eigenvalue weighted by Gasteiger charge is 1.95. The molecule has 14 heavy (non-hydrogen) atoms.